The van der Waals surface area contributed by atoms with Gasteiger partial charge in [-0.05, 0) is 29.9 Å². The van der Waals surface area contributed by atoms with E-state index in [1.807, 2.05) is 45.7 Å². The second-order valence-electron chi connectivity index (χ2n) is 3.80. The Morgan fingerprint density at radius 3 is 2.28 bits per heavy atom. The summed E-state index contributed by atoms with van der Waals surface area (Å²) >= 11 is 9.18. The molecule has 0 bridgehead atoms. The molecule has 0 unspecified atom stereocenters. The van der Waals surface area contributed by atoms with Crippen LogP contribution in [0.15, 0.2) is 24.3 Å². The Kier molecular flexibility index (Phi) is 5.74. The van der Waals surface area contributed by atoms with E-state index in [1.165, 1.54) is 0 Å². The Balaban J connectivity index is 2.98. The number of thiocarbonyl (C=S) groups is 1. The third-order valence-corrected chi connectivity index (χ3v) is 6.20. The number of carboxylic acids is 1. The Bertz CT molecular complexity index is 462. The maximum atomic E-state index is 11.4. The van der Waals surface area contributed by atoms with Gasteiger partial charge in [0.2, 0.25) is 6.04 Å². The predicted octanol–water partition coefficient (Wildman–Crippen LogP) is 3.25. The van der Waals surface area contributed by atoms with Gasteiger partial charge in [-0.25, -0.2) is 4.79 Å². The summed E-state index contributed by atoms with van der Waals surface area (Å²) in [6.45, 7) is 1.74. The summed E-state index contributed by atoms with van der Waals surface area (Å²) in [5.41, 5.74) is 0.854. The number of phenols is 1. The second kappa shape index (κ2) is 6.44. The number of rotatable bonds is 4. The van der Waals surface area contributed by atoms with E-state index in [4.69, 9.17) is 12.2 Å². The summed E-state index contributed by atoms with van der Waals surface area (Å²) in [7, 11) is 0. The van der Waals surface area contributed by atoms with Gasteiger partial charge in [0.15, 0.2) is 4.99 Å². The van der Waals surface area contributed by atoms with Gasteiger partial charge in [0.1, 0.15) is 5.75 Å². The summed E-state index contributed by atoms with van der Waals surface area (Å²) in [6, 6.07) is 5.88. The van der Waals surface area contributed by atoms with Crippen LogP contribution in [0.2, 0.25) is 0 Å². The van der Waals surface area contributed by atoms with Crippen LogP contribution in [0.5, 0.6) is 5.75 Å². The fourth-order valence-corrected chi connectivity index (χ4v) is 2.41. The SMILES string of the molecule is CC(=S)[N+](I)(I)[C@@H](Cc1ccc(O)cc1)C(=O)O. The molecule has 0 heterocycles. The van der Waals surface area contributed by atoms with Crippen molar-refractivity contribution in [1.29, 1.82) is 0 Å². The van der Waals surface area contributed by atoms with E-state index < -0.39 is 12.0 Å². The number of hydrogen-bond donors (Lipinski definition) is 2. The van der Waals surface area contributed by atoms with Crippen molar-refractivity contribution in [3.8, 4) is 5.75 Å². The zero-order valence-electron chi connectivity index (χ0n) is 9.51. The lowest BCUT2D eigenvalue weighted by molar-refractivity contribution is -0.467. The molecule has 1 rings (SSSR count). The smallest absolute Gasteiger partial charge is 0.364 e. The topological polar surface area (TPSA) is 57.5 Å². The Labute approximate surface area is 139 Å². The van der Waals surface area contributed by atoms with Crippen molar-refractivity contribution in [3.05, 3.63) is 29.8 Å². The molecule has 2 N–H and O–H groups in total. The average Bonchev–Trinajstić information content (AvgIpc) is 2.27. The van der Waals surface area contributed by atoms with Crippen LogP contribution >= 0.6 is 57.9 Å². The first-order valence-electron chi connectivity index (χ1n) is 5.05. The summed E-state index contributed by atoms with van der Waals surface area (Å²) < 4.78 is 0.0983. The quantitative estimate of drug-likeness (QED) is 0.385. The molecule has 0 aliphatic rings. The van der Waals surface area contributed by atoms with E-state index in [-0.39, 0.29) is 6.66 Å². The molecule has 0 saturated carbocycles. The largest absolute Gasteiger partial charge is 0.508 e. The zero-order chi connectivity index (χ0) is 13.9. The highest BCUT2D eigenvalue weighted by molar-refractivity contribution is 14.2. The number of halogens is 2. The molecule has 1 atom stereocenters. The summed E-state index contributed by atoms with van der Waals surface area (Å²) in [5, 5.41) is 18.5. The number of quaternary nitrogens is 1. The van der Waals surface area contributed by atoms with Crippen LogP contribution in [0.4, 0.5) is 0 Å². The first kappa shape index (κ1) is 16.1. The monoisotopic (exact) mass is 492 g/mol. The highest BCUT2D eigenvalue weighted by atomic mass is 127. The van der Waals surface area contributed by atoms with E-state index in [9.17, 15) is 15.0 Å². The zero-order valence-corrected chi connectivity index (χ0v) is 14.6. The third-order valence-electron chi connectivity index (χ3n) is 2.46. The number of carboxylic acid groups (broad SMARTS) is 1. The van der Waals surface area contributed by atoms with E-state index >= 15 is 0 Å². The Morgan fingerprint density at radius 1 is 1.39 bits per heavy atom. The lowest BCUT2D eigenvalue weighted by Crippen LogP contribution is -2.47. The van der Waals surface area contributed by atoms with Gasteiger partial charge >= 0.3 is 5.97 Å². The summed E-state index contributed by atoms with van der Waals surface area (Å²) in [6.07, 6.45) is 0.357. The van der Waals surface area contributed by atoms with Gasteiger partial charge in [0.05, 0.1) is 0 Å². The second-order valence-corrected chi connectivity index (χ2v) is 9.28. The van der Waals surface area contributed by atoms with Crippen molar-refractivity contribution >= 4 is 68.9 Å². The molecule has 0 aromatic heterocycles. The highest BCUT2D eigenvalue weighted by Crippen LogP contribution is 2.32. The Morgan fingerprint density at radius 2 is 1.89 bits per heavy atom. The molecule has 0 aliphatic carbocycles. The fourth-order valence-electron chi connectivity index (χ4n) is 1.42. The van der Waals surface area contributed by atoms with Crippen LogP contribution in [0.25, 0.3) is 0 Å². The number of carbonyl (C=O) groups is 1. The van der Waals surface area contributed by atoms with Crippen molar-refractivity contribution in [2.45, 2.75) is 19.4 Å². The molecule has 4 nitrogen and oxygen atoms in total. The Hall–Kier alpha value is 0. The number of nitrogens with zero attached hydrogens (tertiary/aromatic N) is 1. The van der Waals surface area contributed by atoms with Gasteiger partial charge in [-0.15, -0.1) is 0 Å². The minimum absolute atomic E-state index is 0.0983. The standard InChI is InChI=1S/C11H11I2NO3S/c1-7(18)14(12,13)10(11(16)17)6-8-2-4-9(15)5-3-8/h2-5,10H,6H2,1H3,(H-,15,16,17)/p+1/t10-/m0/s1. The molecule has 1 aromatic carbocycles. The van der Waals surface area contributed by atoms with Crippen molar-refractivity contribution in [2.24, 2.45) is 0 Å². The third kappa shape index (κ3) is 4.00. The molecule has 7 heteroatoms. The van der Waals surface area contributed by atoms with Gasteiger partial charge in [-0.2, -0.15) is 0.910 Å². The van der Waals surface area contributed by atoms with Gasteiger partial charge < -0.3 is 10.2 Å². The molecule has 0 radical (unpaired) electrons. The minimum Gasteiger partial charge on any atom is -0.508 e. The maximum absolute atomic E-state index is 11.4. The molecule has 0 aliphatic heterocycles. The minimum atomic E-state index is -0.893. The van der Waals surface area contributed by atoms with Crippen molar-refractivity contribution in [3.63, 3.8) is 0 Å². The van der Waals surface area contributed by atoms with Crippen LogP contribution in [-0.2, 0) is 11.2 Å². The summed E-state index contributed by atoms with van der Waals surface area (Å²) in [5.74, 6) is -0.725. The number of phenolic OH excluding ortho intramolecular Hbond substituents is 1. The summed E-state index contributed by atoms with van der Waals surface area (Å²) in [4.78, 5) is 12.0. The highest BCUT2D eigenvalue weighted by Gasteiger charge is 2.42. The van der Waals surface area contributed by atoms with Gasteiger partial charge in [-0.1, -0.05) is 12.1 Å². The molecule has 18 heavy (non-hydrogen) atoms. The van der Waals surface area contributed by atoms with Crippen LogP contribution in [0, 0.1) is 0 Å². The predicted molar refractivity (Wildman–Crippen MR) is 89.8 cm³/mol. The van der Waals surface area contributed by atoms with Crippen molar-refractivity contribution < 1.29 is 15.9 Å². The molecule has 0 fully saturated rings. The normalized spacial score (nSPS) is 13.1. The molecule has 98 valence electrons. The molecular weight excluding hydrogens is 480 g/mol. The number of aliphatic carboxylic acids is 1. The maximum Gasteiger partial charge on any atom is 0.364 e. The molecule has 0 amide bonds. The molecular formula is C11H12I2NO3S+. The van der Waals surface area contributed by atoms with Crippen LogP contribution in [0.3, 0.4) is 0 Å². The van der Waals surface area contributed by atoms with E-state index in [2.05, 4.69) is 0 Å². The van der Waals surface area contributed by atoms with E-state index in [0.717, 1.165) is 5.56 Å². The lowest BCUT2D eigenvalue weighted by Gasteiger charge is -2.27. The number of benzene rings is 1. The van der Waals surface area contributed by atoms with Crippen molar-refractivity contribution in [2.75, 3.05) is 0 Å². The van der Waals surface area contributed by atoms with Crippen LogP contribution in [0.1, 0.15) is 12.5 Å². The first-order valence-corrected chi connectivity index (χ1v) is 7.39. The van der Waals surface area contributed by atoms with Crippen LogP contribution in [-0.4, -0.2) is 28.1 Å². The first-order chi connectivity index (χ1) is 8.25. The fraction of sp³-hybridized carbons (Fsp3) is 0.273. The molecule has 1 aromatic rings. The molecule has 0 spiro atoms. The van der Waals surface area contributed by atoms with E-state index in [1.54, 1.807) is 31.2 Å². The number of hydrogen-bond acceptors (Lipinski definition) is 3. The van der Waals surface area contributed by atoms with Gasteiger partial charge in [0, 0.05) is 13.3 Å². The van der Waals surface area contributed by atoms with Crippen LogP contribution < -0.4 is 0 Å². The molecule has 0 saturated heterocycles. The van der Waals surface area contributed by atoms with Crippen molar-refractivity contribution in [1.82, 2.24) is 0 Å². The van der Waals surface area contributed by atoms with Gasteiger partial charge in [0.25, 0.3) is 45.7 Å². The number of aromatic hydroxyl groups is 1. The van der Waals surface area contributed by atoms with Gasteiger partial charge in [-0.3, -0.25) is 0 Å². The van der Waals surface area contributed by atoms with E-state index in [0.29, 0.717) is 11.4 Å². The lowest BCUT2D eigenvalue weighted by atomic mass is 10.1. The average molecular weight is 492 g/mol.